The maximum Gasteiger partial charge on any atom is 0.248 e. The monoisotopic (exact) mass is 306 g/mol. The van der Waals surface area contributed by atoms with Crippen LogP contribution in [0.15, 0.2) is 10.8 Å². The quantitative estimate of drug-likeness (QED) is 0.786. The third-order valence-corrected chi connectivity index (χ3v) is 3.87. The van der Waals surface area contributed by atoms with Crippen molar-refractivity contribution in [3.05, 3.63) is 17.5 Å². The van der Waals surface area contributed by atoms with Crippen molar-refractivity contribution in [2.75, 3.05) is 12.4 Å². The molecule has 20 heavy (non-hydrogen) atoms. The molecule has 1 fully saturated rings. The highest BCUT2D eigenvalue weighted by Crippen LogP contribution is 2.39. The summed E-state index contributed by atoms with van der Waals surface area (Å²) in [5.41, 5.74) is 1.46. The van der Waals surface area contributed by atoms with E-state index in [0.717, 1.165) is 5.56 Å². The van der Waals surface area contributed by atoms with Crippen molar-refractivity contribution in [2.24, 2.45) is 5.92 Å². The molecule has 1 aliphatic carbocycles. The molecule has 112 valence electrons. The van der Waals surface area contributed by atoms with Gasteiger partial charge in [0.05, 0.1) is 6.54 Å². The highest BCUT2D eigenvalue weighted by Gasteiger charge is 2.40. The Hall–Kier alpha value is -1.17. The Morgan fingerprint density at radius 2 is 2.40 bits per heavy atom. The molecule has 0 spiro atoms. The lowest BCUT2D eigenvalue weighted by atomic mass is 10.1. The van der Waals surface area contributed by atoms with Crippen molar-refractivity contribution in [1.29, 1.82) is 0 Å². The van der Waals surface area contributed by atoms with E-state index in [1.165, 1.54) is 11.2 Å². The van der Waals surface area contributed by atoms with Gasteiger partial charge in [-0.1, -0.05) is 5.16 Å². The molecule has 7 heteroatoms. The fraction of sp³-hybridized carbons (Fsp3) is 0.692. The minimum Gasteiger partial charge on any atom is -0.364 e. The van der Waals surface area contributed by atoms with E-state index >= 15 is 0 Å². The number of halogens is 3. The lowest BCUT2D eigenvalue weighted by Crippen LogP contribution is -2.35. The summed E-state index contributed by atoms with van der Waals surface area (Å²) in [4.78, 5) is 13.3. The molecule has 0 aromatic carbocycles. The number of amides is 1. The summed E-state index contributed by atoms with van der Waals surface area (Å²) in [7, 11) is 0. The summed E-state index contributed by atoms with van der Waals surface area (Å²) in [6.45, 7) is 2.35. The molecule has 0 aliphatic heterocycles. The van der Waals surface area contributed by atoms with E-state index in [4.69, 9.17) is 16.1 Å². The molecule has 2 rings (SSSR count). The summed E-state index contributed by atoms with van der Waals surface area (Å²) < 4.78 is 31.2. The van der Waals surface area contributed by atoms with E-state index in [9.17, 15) is 13.6 Å². The molecule has 1 aromatic rings. The second-order valence-electron chi connectivity index (χ2n) is 5.32. The first kappa shape index (κ1) is 15.2. The molecule has 1 saturated carbocycles. The number of alkyl halides is 3. The zero-order chi connectivity index (χ0) is 14.8. The topological polar surface area (TPSA) is 46.3 Å². The van der Waals surface area contributed by atoms with Crippen molar-refractivity contribution < 1.29 is 18.1 Å². The van der Waals surface area contributed by atoms with Crippen molar-refractivity contribution in [1.82, 2.24) is 10.1 Å². The Bertz CT molecular complexity index is 479. The standard InChI is InChI=1S/C13H17ClF2N2O2/c1-9-8-20-17-11(9)7-18(12(19)5-14)6-10-2-3-13(15,16)4-10/h8,10H,2-7H2,1H3. The lowest BCUT2D eigenvalue weighted by Gasteiger charge is -2.24. The van der Waals surface area contributed by atoms with Gasteiger partial charge >= 0.3 is 0 Å². The van der Waals surface area contributed by atoms with Gasteiger partial charge in [0.1, 0.15) is 17.8 Å². The van der Waals surface area contributed by atoms with Crippen molar-refractivity contribution in [2.45, 2.75) is 38.7 Å². The van der Waals surface area contributed by atoms with Crippen LogP contribution in [-0.2, 0) is 11.3 Å². The molecule has 0 bridgehead atoms. The van der Waals surface area contributed by atoms with Gasteiger partial charge in [-0.05, 0) is 19.3 Å². The Balaban J connectivity index is 2.01. The first-order chi connectivity index (χ1) is 9.41. The van der Waals surface area contributed by atoms with Gasteiger partial charge in [0.15, 0.2) is 0 Å². The molecule has 1 aromatic heterocycles. The van der Waals surface area contributed by atoms with Crippen LogP contribution in [0.1, 0.15) is 30.5 Å². The van der Waals surface area contributed by atoms with Crippen LogP contribution in [0.5, 0.6) is 0 Å². The van der Waals surface area contributed by atoms with E-state index in [0.29, 0.717) is 12.1 Å². The molecule has 1 amide bonds. The first-order valence-electron chi connectivity index (χ1n) is 6.52. The van der Waals surface area contributed by atoms with Crippen LogP contribution in [0.4, 0.5) is 8.78 Å². The molecule has 0 saturated heterocycles. The van der Waals surface area contributed by atoms with Gasteiger partial charge in [-0.3, -0.25) is 4.79 Å². The number of carbonyl (C=O) groups is 1. The molecule has 1 atom stereocenters. The fourth-order valence-electron chi connectivity index (χ4n) is 2.49. The number of nitrogens with zero attached hydrogens (tertiary/aromatic N) is 2. The summed E-state index contributed by atoms with van der Waals surface area (Å²) in [6, 6.07) is 0. The first-order valence-corrected chi connectivity index (χ1v) is 7.06. The minimum atomic E-state index is -2.61. The van der Waals surface area contributed by atoms with Gasteiger partial charge in [0.2, 0.25) is 11.8 Å². The van der Waals surface area contributed by atoms with E-state index < -0.39 is 5.92 Å². The number of aromatic nitrogens is 1. The Labute approximate surface area is 121 Å². The van der Waals surface area contributed by atoms with E-state index in [-0.39, 0.29) is 43.6 Å². The lowest BCUT2D eigenvalue weighted by molar-refractivity contribution is -0.130. The average molecular weight is 307 g/mol. The minimum absolute atomic E-state index is 0.108. The number of rotatable bonds is 5. The molecule has 0 radical (unpaired) electrons. The van der Waals surface area contributed by atoms with Gasteiger partial charge in [0.25, 0.3) is 0 Å². The van der Waals surface area contributed by atoms with Crippen LogP contribution in [0, 0.1) is 12.8 Å². The van der Waals surface area contributed by atoms with Crippen molar-refractivity contribution >= 4 is 17.5 Å². The summed E-state index contributed by atoms with van der Waals surface area (Å²) in [5.74, 6) is -3.24. The van der Waals surface area contributed by atoms with Crippen molar-refractivity contribution in [3.8, 4) is 0 Å². The number of carbonyl (C=O) groups excluding carboxylic acids is 1. The second kappa shape index (κ2) is 6.08. The molecule has 1 aliphatic rings. The maximum atomic E-state index is 13.2. The number of hydrogen-bond acceptors (Lipinski definition) is 3. The van der Waals surface area contributed by atoms with Gasteiger partial charge in [-0.25, -0.2) is 8.78 Å². The van der Waals surface area contributed by atoms with Crippen LogP contribution < -0.4 is 0 Å². The van der Waals surface area contributed by atoms with E-state index in [2.05, 4.69) is 5.16 Å². The van der Waals surface area contributed by atoms with Gasteiger partial charge in [-0.15, -0.1) is 11.6 Å². The maximum absolute atomic E-state index is 13.2. The largest absolute Gasteiger partial charge is 0.364 e. The summed E-state index contributed by atoms with van der Waals surface area (Å²) >= 11 is 5.58. The summed E-state index contributed by atoms with van der Waals surface area (Å²) in [5, 5.41) is 3.82. The zero-order valence-electron chi connectivity index (χ0n) is 11.2. The number of aryl methyl sites for hydroxylation is 1. The normalized spacial score (nSPS) is 21.1. The predicted octanol–water partition coefficient (Wildman–Crippen LogP) is 2.99. The smallest absolute Gasteiger partial charge is 0.248 e. The van der Waals surface area contributed by atoms with Crippen LogP contribution in [-0.4, -0.2) is 34.3 Å². The fourth-order valence-corrected chi connectivity index (χ4v) is 2.66. The molecular weight excluding hydrogens is 290 g/mol. The van der Waals surface area contributed by atoms with Crippen molar-refractivity contribution in [3.63, 3.8) is 0 Å². The predicted molar refractivity (Wildman–Crippen MR) is 69.7 cm³/mol. The Kier molecular flexibility index (Phi) is 4.62. The van der Waals surface area contributed by atoms with Gasteiger partial charge < -0.3 is 9.42 Å². The van der Waals surface area contributed by atoms with Gasteiger partial charge in [-0.2, -0.15) is 0 Å². The second-order valence-corrected chi connectivity index (χ2v) is 5.58. The Morgan fingerprint density at radius 1 is 1.65 bits per heavy atom. The van der Waals surface area contributed by atoms with Crippen LogP contribution in [0.25, 0.3) is 0 Å². The van der Waals surface area contributed by atoms with Crippen LogP contribution in [0.3, 0.4) is 0 Å². The molecule has 1 unspecified atom stereocenters. The highest BCUT2D eigenvalue weighted by molar-refractivity contribution is 6.27. The number of hydrogen-bond donors (Lipinski definition) is 0. The van der Waals surface area contributed by atoms with Crippen LogP contribution in [0.2, 0.25) is 0 Å². The Morgan fingerprint density at radius 3 is 2.90 bits per heavy atom. The zero-order valence-corrected chi connectivity index (χ0v) is 12.0. The molecule has 0 N–H and O–H groups in total. The molecular formula is C13H17ClF2N2O2. The van der Waals surface area contributed by atoms with Gasteiger partial charge in [0, 0.05) is 24.9 Å². The third kappa shape index (κ3) is 3.69. The average Bonchev–Trinajstić information content (AvgIpc) is 2.94. The molecule has 4 nitrogen and oxygen atoms in total. The van der Waals surface area contributed by atoms with Crippen LogP contribution >= 0.6 is 11.6 Å². The summed E-state index contributed by atoms with van der Waals surface area (Å²) in [6.07, 6.45) is 1.64. The molecule has 1 heterocycles. The SMILES string of the molecule is Cc1conc1CN(CC1CCC(F)(F)C1)C(=O)CCl. The van der Waals surface area contributed by atoms with E-state index in [1.54, 1.807) is 0 Å². The third-order valence-electron chi connectivity index (χ3n) is 3.64. The van der Waals surface area contributed by atoms with E-state index in [1.807, 2.05) is 6.92 Å². The highest BCUT2D eigenvalue weighted by atomic mass is 35.5.